The summed E-state index contributed by atoms with van der Waals surface area (Å²) in [7, 11) is 0. The molecule has 4 aliphatic rings. The number of piperidine rings is 2. The molecule has 3 fully saturated rings. The van der Waals surface area contributed by atoms with Crippen LogP contribution < -0.4 is 10.6 Å². The number of hydrogen-bond donors (Lipinski definition) is 2. The minimum atomic E-state index is -0.546. The second-order valence-corrected chi connectivity index (χ2v) is 8.23. The predicted octanol–water partition coefficient (Wildman–Crippen LogP) is 0.241. The standard InChI is InChI=1S/C20H24N4O3/c25-18-4-3-17(19(26)22-18)24-11-14-2-1-12(6-16(14)20(24)27)9-23-10-13-5-15(23)8-21-7-13/h1-2,6,13,15,17,21H,3-5,7-11H2,(H,22,25,26). The Morgan fingerprint density at radius 3 is 2.85 bits per heavy atom. The van der Waals surface area contributed by atoms with Crippen LogP contribution in [-0.4, -0.2) is 59.2 Å². The van der Waals surface area contributed by atoms with E-state index in [1.54, 1.807) is 4.90 Å². The first-order valence-corrected chi connectivity index (χ1v) is 9.80. The van der Waals surface area contributed by atoms with Gasteiger partial charge in [-0.1, -0.05) is 12.1 Å². The minimum absolute atomic E-state index is 0.0943. The van der Waals surface area contributed by atoms with Crippen molar-refractivity contribution < 1.29 is 14.4 Å². The maximum Gasteiger partial charge on any atom is 0.255 e. The maximum absolute atomic E-state index is 12.9. The van der Waals surface area contributed by atoms with E-state index in [4.69, 9.17) is 0 Å². The first-order valence-electron chi connectivity index (χ1n) is 9.80. The molecule has 0 aliphatic carbocycles. The molecule has 0 radical (unpaired) electrons. The summed E-state index contributed by atoms with van der Waals surface area (Å²) in [6.45, 7) is 4.58. The Labute approximate surface area is 158 Å². The lowest BCUT2D eigenvalue weighted by Crippen LogP contribution is -2.52. The topological polar surface area (TPSA) is 81.8 Å². The normalized spacial score (nSPS) is 30.6. The van der Waals surface area contributed by atoms with Crippen molar-refractivity contribution in [1.29, 1.82) is 0 Å². The molecule has 4 aliphatic heterocycles. The largest absolute Gasteiger partial charge is 0.322 e. The van der Waals surface area contributed by atoms with E-state index in [1.807, 2.05) is 12.1 Å². The molecular weight excluding hydrogens is 344 g/mol. The van der Waals surface area contributed by atoms with Crippen LogP contribution in [0.1, 0.15) is 40.7 Å². The monoisotopic (exact) mass is 368 g/mol. The Hall–Kier alpha value is -2.25. The number of hydrogen-bond acceptors (Lipinski definition) is 5. The fraction of sp³-hybridized carbons (Fsp3) is 0.550. The number of carbonyl (C=O) groups is 3. The van der Waals surface area contributed by atoms with Gasteiger partial charge in [-0.2, -0.15) is 0 Å². The molecule has 7 nitrogen and oxygen atoms in total. The van der Waals surface area contributed by atoms with E-state index in [0.717, 1.165) is 43.2 Å². The molecule has 27 heavy (non-hydrogen) atoms. The van der Waals surface area contributed by atoms with Crippen LogP contribution in [0.5, 0.6) is 0 Å². The van der Waals surface area contributed by atoms with E-state index in [-0.39, 0.29) is 24.1 Å². The average Bonchev–Trinajstić information content (AvgIpc) is 3.11. The average molecular weight is 368 g/mol. The lowest BCUT2D eigenvalue weighted by Gasteiger charge is -2.29. The van der Waals surface area contributed by atoms with Crippen LogP contribution in [0.15, 0.2) is 18.2 Å². The second-order valence-electron chi connectivity index (χ2n) is 8.23. The van der Waals surface area contributed by atoms with Crippen LogP contribution >= 0.6 is 0 Å². The van der Waals surface area contributed by atoms with Gasteiger partial charge in [-0.05, 0) is 42.5 Å². The van der Waals surface area contributed by atoms with Gasteiger partial charge < -0.3 is 10.2 Å². The van der Waals surface area contributed by atoms with Gasteiger partial charge in [0.1, 0.15) is 6.04 Å². The summed E-state index contributed by atoms with van der Waals surface area (Å²) in [5.41, 5.74) is 2.83. The lowest BCUT2D eigenvalue weighted by molar-refractivity contribution is -0.136. The molecule has 5 rings (SSSR count). The van der Waals surface area contributed by atoms with Crippen molar-refractivity contribution in [3.8, 4) is 0 Å². The Morgan fingerprint density at radius 2 is 2.04 bits per heavy atom. The van der Waals surface area contributed by atoms with Gasteiger partial charge in [0, 0.05) is 44.2 Å². The third-order valence-corrected chi connectivity index (χ3v) is 6.41. The van der Waals surface area contributed by atoms with Crippen LogP contribution in [0.4, 0.5) is 0 Å². The summed E-state index contributed by atoms with van der Waals surface area (Å²) in [5.74, 6) is 0.0310. The van der Waals surface area contributed by atoms with Crippen LogP contribution in [0.2, 0.25) is 0 Å². The molecule has 0 saturated carbocycles. The molecule has 3 saturated heterocycles. The maximum atomic E-state index is 12.9. The molecule has 2 N–H and O–H groups in total. The van der Waals surface area contributed by atoms with Crippen molar-refractivity contribution in [3.63, 3.8) is 0 Å². The zero-order valence-corrected chi connectivity index (χ0v) is 15.2. The number of fused-ring (bicyclic) bond motifs is 3. The summed E-state index contributed by atoms with van der Waals surface area (Å²) in [6, 6.07) is 6.17. The highest BCUT2D eigenvalue weighted by Gasteiger charge is 2.39. The van der Waals surface area contributed by atoms with Crippen molar-refractivity contribution >= 4 is 17.7 Å². The number of nitrogens with zero attached hydrogens (tertiary/aromatic N) is 2. The lowest BCUT2D eigenvalue weighted by atomic mass is 10.0. The molecule has 142 valence electrons. The molecule has 1 aromatic rings. The highest BCUT2D eigenvalue weighted by Crippen LogP contribution is 2.31. The van der Waals surface area contributed by atoms with E-state index < -0.39 is 6.04 Å². The van der Waals surface area contributed by atoms with Gasteiger partial charge in [-0.3, -0.25) is 24.6 Å². The molecule has 1 aromatic carbocycles. The number of carbonyl (C=O) groups excluding carboxylic acids is 3. The fourth-order valence-corrected chi connectivity index (χ4v) is 5.03. The summed E-state index contributed by atoms with van der Waals surface area (Å²) < 4.78 is 0. The van der Waals surface area contributed by atoms with Crippen molar-refractivity contribution in [1.82, 2.24) is 20.4 Å². The molecule has 0 spiro atoms. The third kappa shape index (κ3) is 2.95. The number of likely N-dealkylation sites (tertiary alicyclic amines) is 1. The molecule has 7 heteroatoms. The zero-order chi connectivity index (χ0) is 18.5. The summed E-state index contributed by atoms with van der Waals surface area (Å²) in [6.07, 6.45) is 1.95. The van der Waals surface area contributed by atoms with Crippen molar-refractivity contribution in [2.75, 3.05) is 19.6 Å². The summed E-state index contributed by atoms with van der Waals surface area (Å²) in [4.78, 5) is 40.6. The number of imide groups is 1. The Balaban J connectivity index is 1.32. The smallest absolute Gasteiger partial charge is 0.255 e. The highest BCUT2D eigenvalue weighted by atomic mass is 16.2. The van der Waals surface area contributed by atoms with E-state index in [1.165, 1.54) is 6.42 Å². The Bertz CT molecular complexity index is 823. The number of nitrogens with one attached hydrogen (secondary N) is 2. The molecule has 2 bridgehead atoms. The molecular formula is C20H24N4O3. The molecule has 3 unspecified atom stereocenters. The van der Waals surface area contributed by atoms with Crippen LogP contribution in [0.3, 0.4) is 0 Å². The first-order chi connectivity index (χ1) is 13.1. The van der Waals surface area contributed by atoms with Gasteiger partial charge in [0.05, 0.1) is 0 Å². The quantitative estimate of drug-likeness (QED) is 0.747. The predicted molar refractivity (Wildman–Crippen MR) is 97.7 cm³/mol. The Morgan fingerprint density at radius 1 is 1.15 bits per heavy atom. The van der Waals surface area contributed by atoms with Crippen molar-refractivity contribution in [2.45, 2.75) is 44.4 Å². The molecule has 4 heterocycles. The van der Waals surface area contributed by atoms with E-state index >= 15 is 0 Å². The van der Waals surface area contributed by atoms with E-state index in [0.29, 0.717) is 24.6 Å². The van der Waals surface area contributed by atoms with Gasteiger partial charge >= 0.3 is 0 Å². The number of amides is 3. The van der Waals surface area contributed by atoms with Crippen molar-refractivity contribution in [2.24, 2.45) is 5.92 Å². The summed E-state index contributed by atoms with van der Waals surface area (Å²) >= 11 is 0. The summed E-state index contributed by atoms with van der Waals surface area (Å²) in [5, 5.41) is 5.85. The zero-order valence-electron chi connectivity index (χ0n) is 15.2. The molecule has 3 amide bonds. The number of rotatable bonds is 3. The third-order valence-electron chi connectivity index (χ3n) is 6.41. The molecule has 3 atom stereocenters. The van der Waals surface area contributed by atoms with Gasteiger partial charge in [0.15, 0.2) is 0 Å². The van der Waals surface area contributed by atoms with Gasteiger partial charge in [0.25, 0.3) is 5.91 Å². The fourth-order valence-electron chi connectivity index (χ4n) is 5.03. The minimum Gasteiger partial charge on any atom is -0.322 e. The van der Waals surface area contributed by atoms with E-state index in [9.17, 15) is 14.4 Å². The molecule has 0 aromatic heterocycles. The Kier molecular flexibility index (Phi) is 4.02. The number of benzene rings is 1. The van der Waals surface area contributed by atoms with Gasteiger partial charge in [-0.15, -0.1) is 0 Å². The highest BCUT2D eigenvalue weighted by molar-refractivity contribution is 6.05. The second kappa shape index (κ2) is 6.42. The van der Waals surface area contributed by atoms with Crippen LogP contribution in [0.25, 0.3) is 0 Å². The van der Waals surface area contributed by atoms with Gasteiger partial charge in [0.2, 0.25) is 11.8 Å². The van der Waals surface area contributed by atoms with Crippen LogP contribution in [0, 0.1) is 5.92 Å². The van der Waals surface area contributed by atoms with Crippen LogP contribution in [-0.2, 0) is 22.7 Å². The van der Waals surface area contributed by atoms with Crippen molar-refractivity contribution in [3.05, 3.63) is 34.9 Å². The van der Waals surface area contributed by atoms with E-state index in [2.05, 4.69) is 21.6 Å². The van der Waals surface area contributed by atoms with Gasteiger partial charge in [-0.25, -0.2) is 0 Å². The first kappa shape index (κ1) is 16.9. The SMILES string of the molecule is O=C1CCC(N2Cc3ccc(CN4CC5CNCC4C5)cc3C2=O)C(=O)N1.